The molecule has 2 heteroatoms. The van der Waals surface area contributed by atoms with E-state index in [9.17, 15) is 4.79 Å². The quantitative estimate of drug-likeness (QED) is 0.482. The molecule has 13 heavy (non-hydrogen) atoms. The Morgan fingerprint density at radius 1 is 1.46 bits per heavy atom. The van der Waals surface area contributed by atoms with Gasteiger partial charge in [-0.3, -0.25) is 4.79 Å². The molecule has 0 N–H and O–H groups in total. The van der Waals surface area contributed by atoms with E-state index in [4.69, 9.17) is 4.74 Å². The summed E-state index contributed by atoms with van der Waals surface area (Å²) in [5, 5.41) is 0. The first-order valence-electron chi connectivity index (χ1n) is 5.13. The topological polar surface area (TPSA) is 26.3 Å². The molecule has 0 aliphatic heterocycles. The third-order valence-corrected chi connectivity index (χ3v) is 2.39. The lowest BCUT2D eigenvalue weighted by Crippen LogP contribution is -2.19. The summed E-state index contributed by atoms with van der Waals surface area (Å²) in [6, 6.07) is 0. The molecule has 0 aromatic heterocycles. The Morgan fingerprint density at radius 3 is 2.77 bits per heavy atom. The van der Waals surface area contributed by atoms with E-state index in [1.54, 1.807) is 0 Å². The van der Waals surface area contributed by atoms with Crippen molar-refractivity contribution in [3.63, 3.8) is 0 Å². The van der Waals surface area contributed by atoms with E-state index in [1.165, 1.54) is 19.3 Å². The van der Waals surface area contributed by atoms with Crippen molar-refractivity contribution in [1.29, 1.82) is 0 Å². The van der Waals surface area contributed by atoms with Crippen LogP contribution in [0.1, 0.15) is 39.0 Å². The predicted octanol–water partition coefficient (Wildman–Crippen LogP) is 2.69. The second-order valence-electron chi connectivity index (χ2n) is 3.56. The smallest absolute Gasteiger partial charge is 0.309 e. The molecule has 0 aromatic carbocycles. The fraction of sp³-hybridized carbons (Fsp3) is 0.727. The molecule has 1 rings (SSSR count). The summed E-state index contributed by atoms with van der Waals surface area (Å²) in [6.45, 7) is 2.69. The SMILES string of the molecule is CC/C=C/CC(=O)OCC1CCC1. The van der Waals surface area contributed by atoms with Crippen LogP contribution >= 0.6 is 0 Å². The number of carbonyl (C=O) groups excluding carboxylic acids is 1. The molecular formula is C11H18O2. The van der Waals surface area contributed by atoms with Crippen LogP contribution in [0.15, 0.2) is 12.2 Å². The van der Waals surface area contributed by atoms with Crippen LogP contribution < -0.4 is 0 Å². The monoisotopic (exact) mass is 182 g/mol. The lowest BCUT2D eigenvalue weighted by Gasteiger charge is -2.24. The molecule has 0 heterocycles. The zero-order valence-electron chi connectivity index (χ0n) is 8.29. The molecule has 0 unspecified atom stereocenters. The molecule has 0 saturated heterocycles. The van der Waals surface area contributed by atoms with Gasteiger partial charge in [-0.1, -0.05) is 25.5 Å². The van der Waals surface area contributed by atoms with Gasteiger partial charge in [0, 0.05) is 0 Å². The highest BCUT2D eigenvalue weighted by Crippen LogP contribution is 2.26. The van der Waals surface area contributed by atoms with E-state index in [-0.39, 0.29) is 5.97 Å². The third kappa shape index (κ3) is 4.11. The number of ether oxygens (including phenoxy) is 1. The Bertz CT molecular complexity index is 181. The minimum Gasteiger partial charge on any atom is -0.465 e. The zero-order valence-corrected chi connectivity index (χ0v) is 8.29. The molecule has 74 valence electrons. The van der Waals surface area contributed by atoms with Gasteiger partial charge in [-0.15, -0.1) is 0 Å². The van der Waals surface area contributed by atoms with Crippen molar-refractivity contribution in [2.24, 2.45) is 5.92 Å². The van der Waals surface area contributed by atoms with E-state index < -0.39 is 0 Å². The van der Waals surface area contributed by atoms with E-state index in [2.05, 4.69) is 6.92 Å². The molecule has 1 aliphatic carbocycles. The van der Waals surface area contributed by atoms with Crippen LogP contribution in [0.5, 0.6) is 0 Å². The molecule has 1 saturated carbocycles. The molecule has 1 fully saturated rings. The van der Waals surface area contributed by atoms with Gasteiger partial charge in [0.1, 0.15) is 0 Å². The van der Waals surface area contributed by atoms with Crippen LogP contribution in [0.3, 0.4) is 0 Å². The number of hydrogen-bond acceptors (Lipinski definition) is 2. The summed E-state index contributed by atoms with van der Waals surface area (Å²) in [7, 11) is 0. The Hall–Kier alpha value is -0.790. The van der Waals surface area contributed by atoms with E-state index in [0.29, 0.717) is 18.9 Å². The molecule has 0 amide bonds. The number of allylic oxidation sites excluding steroid dienone is 1. The van der Waals surface area contributed by atoms with E-state index in [0.717, 1.165) is 6.42 Å². The summed E-state index contributed by atoms with van der Waals surface area (Å²) in [5.74, 6) is 0.565. The molecule has 0 radical (unpaired) electrons. The highest BCUT2D eigenvalue weighted by Gasteiger charge is 2.18. The molecular weight excluding hydrogens is 164 g/mol. The fourth-order valence-electron chi connectivity index (χ4n) is 1.28. The Kier molecular flexibility index (Phi) is 4.58. The first kappa shape index (κ1) is 10.3. The van der Waals surface area contributed by atoms with E-state index >= 15 is 0 Å². The van der Waals surface area contributed by atoms with Gasteiger partial charge in [0.25, 0.3) is 0 Å². The minimum absolute atomic E-state index is 0.0865. The van der Waals surface area contributed by atoms with Crippen LogP contribution in [0.25, 0.3) is 0 Å². The largest absolute Gasteiger partial charge is 0.465 e. The van der Waals surface area contributed by atoms with Crippen molar-refractivity contribution < 1.29 is 9.53 Å². The molecule has 0 aromatic rings. The van der Waals surface area contributed by atoms with Gasteiger partial charge < -0.3 is 4.74 Å². The predicted molar refractivity (Wildman–Crippen MR) is 52.3 cm³/mol. The van der Waals surface area contributed by atoms with Gasteiger partial charge in [0.2, 0.25) is 0 Å². The Labute approximate surface area is 80.0 Å². The van der Waals surface area contributed by atoms with Crippen molar-refractivity contribution in [3.8, 4) is 0 Å². The van der Waals surface area contributed by atoms with Crippen molar-refractivity contribution in [2.75, 3.05) is 6.61 Å². The van der Waals surface area contributed by atoms with Gasteiger partial charge in [-0.2, -0.15) is 0 Å². The standard InChI is InChI=1S/C11H18O2/c1-2-3-4-8-11(12)13-9-10-6-5-7-10/h3-4,10H,2,5-9H2,1H3/b4-3+. The number of carbonyl (C=O) groups is 1. The van der Waals surface area contributed by atoms with Crippen LogP contribution in [0.2, 0.25) is 0 Å². The van der Waals surface area contributed by atoms with Gasteiger partial charge in [0.05, 0.1) is 13.0 Å². The van der Waals surface area contributed by atoms with Crippen molar-refractivity contribution in [3.05, 3.63) is 12.2 Å². The number of rotatable bonds is 5. The fourth-order valence-corrected chi connectivity index (χ4v) is 1.28. The highest BCUT2D eigenvalue weighted by atomic mass is 16.5. The third-order valence-electron chi connectivity index (χ3n) is 2.39. The van der Waals surface area contributed by atoms with Crippen LogP contribution in [-0.4, -0.2) is 12.6 Å². The average molecular weight is 182 g/mol. The van der Waals surface area contributed by atoms with Crippen LogP contribution in [-0.2, 0) is 9.53 Å². The van der Waals surface area contributed by atoms with Gasteiger partial charge in [-0.25, -0.2) is 0 Å². The lowest BCUT2D eigenvalue weighted by atomic mass is 9.86. The maximum absolute atomic E-state index is 11.1. The first-order valence-corrected chi connectivity index (χ1v) is 5.13. The summed E-state index contributed by atoms with van der Waals surface area (Å²) in [6.07, 6.45) is 9.05. The second-order valence-corrected chi connectivity index (χ2v) is 3.56. The highest BCUT2D eigenvalue weighted by molar-refractivity contribution is 5.71. The lowest BCUT2D eigenvalue weighted by molar-refractivity contribution is -0.144. The normalized spacial score (nSPS) is 17.3. The minimum atomic E-state index is -0.0865. The summed E-state index contributed by atoms with van der Waals surface area (Å²) in [4.78, 5) is 11.1. The average Bonchev–Trinajstić information content (AvgIpc) is 2.02. The molecule has 2 nitrogen and oxygen atoms in total. The Balaban J connectivity index is 1.99. The summed E-state index contributed by atoms with van der Waals surface area (Å²) < 4.78 is 5.10. The molecule has 1 aliphatic rings. The maximum Gasteiger partial charge on any atom is 0.309 e. The van der Waals surface area contributed by atoms with Crippen molar-refractivity contribution >= 4 is 5.97 Å². The molecule has 0 bridgehead atoms. The second kappa shape index (κ2) is 5.79. The van der Waals surface area contributed by atoms with Gasteiger partial charge >= 0.3 is 5.97 Å². The number of esters is 1. The van der Waals surface area contributed by atoms with Crippen LogP contribution in [0.4, 0.5) is 0 Å². The zero-order chi connectivity index (χ0) is 9.52. The van der Waals surface area contributed by atoms with Crippen LogP contribution in [0, 0.1) is 5.92 Å². The van der Waals surface area contributed by atoms with Crippen molar-refractivity contribution in [2.45, 2.75) is 39.0 Å². The van der Waals surface area contributed by atoms with Gasteiger partial charge in [0.15, 0.2) is 0 Å². The van der Waals surface area contributed by atoms with Gasteiger partial charge in [-0.05, 0) is 25.2 Å². The number of hydrogen-bond donors (Lipinski definition) is 0. The first-order chi connectivity index (χ1) is 6.33. The summed E-state index contributed by atoms with van der Waals surface area (Å²) in [5.41, 5.74) is 0. The maximum atomic E-state index is 11.1. The summed E-state index contributed by atoms with van der Waals surface area (Å²) >= 11 is 0. The Morgan fingerprint density at radius 2 is 2.23 bits per heavy atom. The molecule has 0 atom stereocenters. The molecule has 0 spiro atoms. The van der Waals surface area contributed by atoms with Crippen molar-refractivity contribution in [1.82, 2.24) is 0 Å². The van der Waals surface area contributed by atoms with E-state index in [1.807, 2.05) is 12.2 Å².